The number of rotatable bonds is 2. The first-order valence-electron chi connectivity index (χ1n) is 2.40. The lowest BCUT2D eigenvalue weighted by atomic mass is 10.3. The molecule has 0 aliphatic rings. The average molecular weight is 130 g/mol. The second kappa shape index (κ2) is 3.76. The van der Waals surface area contributed by atoms with Gasteiger partial charge in [-0.1, -0.05) is 6.92 Å². The molecular weight excluding hydrogens is 120 g/mol. The van der Waals surface area contributed by atoms with Crippen LogP contribution in [0.5, 0.6) is 0 Å². The highest BCUT2D eigenvalue weighted by molar-refractivity contribution is 7.99. The Bertz CT molecular complexity index is 97.1. The highest BCUT2D eigenvalue weighted by Gasteiger charge is 2.07. The standard InChI is InChI=1S/C5H10N2S/c1-4(8-2)5(7)3-6/h4-5H,7H2,1-2H3. The van der Waals surface area contributed by atoms with E-state index in [1.54, 1.807) is 11.8 Å². The predicted molar refractivity (Wildman–Crippen MR) is 36.6 cm³/mol. The minimum Gasteiger partial charge on any atom is -0.315 e. The summed E-state index contributed by atoms with van der Waals surface area (Å²) in [4.78, 5) is 0. The Morgan fingerprint density at radius 1 is 1.75 bits per heavy atom. The molecule has 0 radical (unpaired) electrons. The molecule has 0 fully saturated rings. The fraction of sp³-hybridized carbons (Fsp3) is 0.800. The molecule has 0 aliphatic heterocycles. The van der Waals surface area contributed by atoms with Crippen LogP contribution < -0.4 is 5.73 Å². The average Bonchev–Trinajstić information content (AvgIpc) is 1.84. The van der Waals surface area contributed by atoms with Crippen molar-refractivity contribution in [2.24, 2.45) is 5.73 Å². The van der Waals surface area contributed by atoms with Gasteiger partial charge in [0.05, 0.1) is 6.07 Å². The van der Waals surface area contributed by atoms with Crippen LogP contribution in [0, 0.1) is 11.3 Å². The van der Waals surface area contributed by atoms with Crippen molar-refractivity contribution < 1.29 is 0 Å². The molecule has 0 aromatic carbocycles. The van der Waals surface area contributed by atoms with E-state index in [4.69, 9.17) is 11.0 Å². The molecule has 3 heteroatoms. The molecule has 2 atom stereocenters. The van der Waals surface area contributed by atoms with Gasteiger partial charge in [-0.3, -0.25) is 0 Å². The van der Waals surface area contributed by atoms with Crippen LogP contribution in [0.4, 0.5) is 0 Å². The molecule has 2 unspecified atom stereocenters. The van der Waals surface area contributed by atoms with Gasteiger partial charge < -0.3 is 5.73 Å². The first-order chi connectivity index (χ1) is 3.72. The smallest absolute Gasteiger partial charge is 0.104 e. The molecule has 2 nitrogen and oxygen atoms in total. The van der Waals surface area contributed by atoms with Crippen LogP contribution in [0.15, 0.2) is 0 Å². The fourth-order valence-electron chi connectivity index (χ4n) is 0.252. The van der Waals surface area contributed by atoms with E-state index >= 15 is 0 Å². The van der Waals surface area contributed by atoms with Crippen LogP contribution in [0.25, 0.3) is 0 Å². The molecule has 2 N–H and O–H groups in total. The van der Waals surface area contributed by atoms with Crippen molar-refractivity contribution in [2.75, 3.05) is 6.26 Å². The second-order valence-electron chi connectivity index (χ2n) is 1.60. The van der Waals surface area contributed by atoms with Crippen molar-refractivity contribution in [3.05, 3.63) is 0 Å². The lowest BCUT2D eigenvalue weighted by Crippen LogP contribution is -2.27. The van der Waals surface area contributed by atoms with Crippen molar-refractivity contribution in [3.8, 4) is 6.07 Å². The van der Waals surface area contributed by atoms with Crippen molar-refractivity contribution in [3.63, 3.8) is 0 Å². The molecule has 0 rings (SSSR count). The number of nitrogens with two attached hydrogens (primary N) is 1. The van der Waals surface area contributed by atoms with Gasteiger partial charge in [-0.05, 0) is 6.26 Å². The van der Waals surface area contributed by atoms with E-state index in [9.17, 15) is 0 Å². The summed E-state index contributed by atoms with van der Waals surface area (Å²) in [6, 6.07) is 1.66. The van der Waals surface area contributed by atoms with Crippen LogP contribution in [0.2, 0.25) is 0 Å². The molecule has 0 saturated heterocycles. The minimum absolute atomic E-state index is 0.250. The quantitative estimate of drug-likeness (QED) is 0.595. The minimum atomic E-state index is -0.315. The molecule has 0 heterocycles. The number of hydrogen-bond acceptors (Lipinski definition) is 3. The predicted octanol–water partition coefficient (Wildman–Crippen LogP) is 0.589. The van der Waals surface area contributed by atoms with E-state index in [0.717, 1.165) is 0 Å². The monoisotopic (exact) mass is 130 g/mol. The van der Waals surface area contributed by atoms with Gasteiger partial charge in [0.25, 0.3) is 0 Å². The van der Waals surface area contributed by atoms with Gasteiger partial charge in [-0.15, -0.1) is 0 Å². The number of nitrogens with zero attached hydrogens (tertiary/aromatic N) is 1. The third-order valence-corrected chi connectivity index (χ3v) is 2.06. The Hall–Kier alpha value is -0.200. The highest BCUT2D eigenvalue weighted by atomic mass is 32.2. The van der Waals surface area contributed by atoms with Gasteiger partial charge in [0.15, 0.2) is 0 Å². The Kier molecular flexibility index (Phi) is 3.67. The highest BCUT2D eigenvalue weighted by Crippen LogP contribution is 2.06. The Morgan fingerprint density at radius 2 is 2.25 bits per heavy atom. The summed E-state index contributed by atoms with van der Waals surface area (Å²) in [5.74, 6) is 0. The molecule has 0 amide bonds. The second-order valence-corrected chi connectivity index (χ2v) is 2.81. The normalized spacial score (nSPS) is 16.8. The molecule has 0 saturated carbocycles. The van der Waals surface area contributed by atoms with Gasteiger partial charge in [0.1, 0.15) is 6.04 Å². The summed E-state index contributed by atoms with van der Waals surface area (Å²) in [5.41, 5.74) is 5.35. The maximum atomic E-state index is 8.25. The van der Waals surface area contributed by atoms with E-state index in [2.05, 4.69) is 0 Å². The zero-order valence-corrected chi connectivity index (χ0v) is 5.90. The number of thioether (sulfide) groups is 1. The summed E-state index contributed by atoms with van der Waals surface area (Å²) < 4.78 is 0. The fourth-order valence-corrected chi connectivity index (χ4v) is 0.606. The summed E-state index contributed by atoms with van der Waals surface area (Å²) in [6.45, 7) is 1.94. The third-order valence-electron chi connectivity index (χ3n) is 1.03. The topological polar surface area (TPSA) is 49.8 Å². The maximum absolute atomic E-state index is 8.25. The van der Waals surface area contributed by atoms with E-state index in [1.165, 1.54) is 0 Å². The zero-order valence-electron chi connectivity index (χ0n) is 5.09. The van der Waals surface area contributed by atoms with E-state index in [0.29, 0.717) is 0 Å². The van der Waals surface area contributed by atoms with Crippen LogP contribution in [-0.2, 0) is 0 Å². The molecule has 8 heavy (non-hydrogen) atoms. The number of hydrogen-bond donors (Lipinski definition) is 1. The summed E-state index contributed by atoms with van der Waals surface area (Å²) in [7, 11) is 0. The van der Waals surface area contributed by atoms with E-state index < -0.39 is 0 Å². The third kappa shape index (κ3) is 2.20. The maximum Gasteiger partial charge on any atom is 0.104 e. The van der Waals surface area contributed by atoms with Crippen LogP contribution in [0.3, 0.4) is 0 Å². The number of nitriles is 1. The van der Waals surface area contributed by atoms with Crippen molar-refractivity contribution >= 4 is 11.8 Å². The molecule has 0 bridgehead atoms. The molecule has 46 valence electrons. The van der Waals surface area contributed by atoms with E-state index in [-0.39, 0.29) is 11.3 Å². The largest absolute Gasteiger partial charge is 0.315 e. The molecular formula is C5H10N2S. The van der Waals surface area contributed by atoms with Gasteiger partial charge in [-0.25, -0.2) is 0 Å². The molecule has 0 spiro atoms. The molecule has 0 aromatic rings. The lowest BCUT2D eigenvalue weighted by molar-refractivity contribution is 0.815. The van der Waals surface area contributed by atoms with Crippen LogP contribution >= 0.6 is 11.8 Å². The Labute approximate surface area is 54.1 Å². The lowest BCUT2D eigenvalue weighted by Gasteiger charge is -2.07. The Morgan fingerprint density at radius 3 is 2.38 bits per heavy atom. The van der Waals surface area contributed by atoms with Gasteiger partial charge in [-0.2, -0.15) is 17.0 Å². The molecule has 0 aromatic heterocycles. The van der Waals surface area contributed by atoms with Gasteiger partial charge in [0, 0.05) is 5.25 Å². The van der Waals surface area contributed by atoms with Crippen molar-refractivity contribution in [1.82, 2.24) is 0 Å². The first-order valence-corrected chi connectivity index (χ1v) is 3.69. The van der Waals surface area contributed by atoms with E-state index in [1.807, 2.05) is 19.2 Å². The van der Waals surface area contributed by atoms with Crippen molar-refractivity contribution in [1.29, 1.82) is 5.26 Å². The summed E-state index contributed by atoms with van der Waals surface area (Å²) in [5, 5.41) is 8.50. The summed E-state index contributed by atoms with van der Waals surface area (Å²) >= 11 is 1.61. The van der Waals surface area contributed by atoms with Gasteiger partial charge in [0.2, 0.25) is 0 Å². The summed E-state index contributed by atoms with van der Waals surface area (Å²) in [6.07, 6.45) is 1.95. The molecule has 0 aliphatic carbocycles. The van der Waals surface area contributed by atoms with Crippen LogP contribution in [-0.4, -0.2) is 17.5 Å². The first kappa shape index (κ1) is 7.80. The zero-order chi connectivity index (χ0) is 6.57. The van der Waals surface area contributed by atoms with Crippen molar-refractivity contribution in [2.45, 2.75) is 18.2 Å². The van der Waals surface area contributed by atoms with Gasteiger partial charge >= 0.3 is 0 Å². The Balaban J connectivity index is 3.49. The SMILES string of the molecule is CSC(C)C(N)C#N. The van der Waals surface area contributed by atoms with Crippen LogP contribution in [0.1, 0.15) is 6.92 Å².